The van der Waals surface area contributed by atoms with E-state index in [-0.39, 0.29) is 29.2 Å². The van der Waals surface area contributed by atoms with Crippen LogP contribution < -0.4 is 5.32 Å². The molecule has 7 heteroatoms. The van der Waals surface area contributed by atoms with Crippen molar-refractivity contribution in [2.45, 2.75) is 44.7 Å². The molecule has 1 aromatic rings. The monoisotopic (exact) mass is 333 g/mol. The minimum Gasteiger partial charge on any atom is -0.480 e. The Hall–Kier alpha value is -2.15. The summed E-state index contributed by atoms with van der Waals surface area (Å²) >= 11 is 0. The number of carboxylic acid groups (broad SMARTS) is 1. The Morgan fingerprint density at radius 3 is 2.71 bits per heavy atom. The van der Waals surface area contributed by atoms with E-state index in [0.717, 1.165) is 24.9 Å². The van der Waals surface area contributed by atoms with Gasteiger partial charge in [-0.3, -0.25) is 19.8 Å². The third kappa shape index (κ3) is 3.84. The number of aryl methyl sites for hydroxylation is 1. The molecule has 2 aliphatic carbocycles. The zero-order chi connectivity index (χ0) is 17.3. The van der Waals surface area contributed by atoms with Crippen LogP contribution >= 0.6 is 0 Å². The molecule has 0 aromatic heterocycles. The molecule has 0 heterocycles. The van der Waals surface area contributed by atoms with Gasteiger partial charge in [0.25, 0.3) is 5.69 Å². The first kappa shape index (κ1) is 16.7. The lowest BCUT2D eigenvalue weighted by atomic mass is 9.84. The first-order valence-corrected chi connectivity index (χ1v) is 8.40. The van der Waals surface area contributed by atoms with Gasteiger partial charge in [0.05, 0.1) is 11.5 Å². The highest BCUT2D eigenvalue weighted by Gasteiger charge is 2.37. The standard InChI is InChI=1S/C17H23N3O4/c1-11-3-2-4-15(20(23)24)17(11)18-13-7-14(8-13)19(10-16(21)22)9-12-5-6-12/h2-4,12-14,18H,5-10H2,1H3,(H,21,22). The number of carbonyl (C=O) groups is 1. The topological polar surface area (TPSA) is 95.7 Å². The number of para-hydroxylation sites is 1. The number of benzene rings is 1. The van der Waals surface area contributed by atoms with Gasteiger partial charge in [0, 0.05) is 24.7 Å². The molecule has 0 saturated heterocycles. The second-order valence-electron chi connectivity index (χ2n) is 6.96. The number of aliphatic carboxylic acids is 1. The van der Waals surface area contributed by atoms with Gasteiger partial charge in [0.15, 0.2) is 0 Å². The maximum absolute atomic E-state index is 11.2. The van der Waals surface area contributed by atoms with Crippen LogP contribution in [0.5, 0.6) is 0 Å². The Morgan fingerprint density at radius 1 is 1.42 bits per heavy atom. The zero-order valence-electron chi connectivity index (χ0n) is 13.8. The summed E-state index contributed by atoms with van der Waals surface area (Å²) in [4.78, 5) is 23.9. The maximum Gasteiger partial charge on any atom is 0.317 e. The molecule has 0 bridgehead atoms. The zero-order valence-corrected chi connectivity index (χ0v) is 13.8. The molecule has 0 amide bonds. The minimum atomic E-state index is -0.790. The van der Waals surface area contributed by atoms with E-state index in [4.69, 9.17) is 5.11 Å². The lowest BCUT2D eigenvalue weighted by molar-refractivity contribution is -0.384. The lowest BCUT2D eigenvalue weighted by Crippen LogP contribution is -2.52. The summed E-state index contributed by atoms with van der Waals surface area (Å²) in [5, 5.41) is 23.6. The van der Waals surface area contributed by atoms with Gasteiger partial charge in [-0.2, -0.15) is 0 Å². The highest BCUT2D eigenvalue weighted by Crippen LogP contribution is 2.36. The van der Waals surface area contributed by atoms with Crippen LogP contribution in [0.1, 0.15) is 31.2 Å². The summed E-state index contributed by atoms with van der Waals surface area (Å²) in [6.45, 7) is 2.79. The quantitative estimate of drug-likeness (QED) is 0.561. The molecule has 0 spiro atoms. The number of hydrogen-bond acceptors (Lipinski definition) is 5. The summed E-state index contributed by atoms with van der Waals surface area (Å²) in [7, 11) is 0. The lowest BCUT2D eigenvalue weighted by Gasteiger charge is -2.43. The van der Waals surface area contributed by atoms with Gasteiger partial charge in [-0.15, -0.1) is 0 Å². The van der Waals surface area contributed by atoms with E-state index < -0.39 is 5.97 Å². The number of rotatable bonds is 8. The number of hydrogen-bond donors (Lipinski definition) is 2. The molecule has 0 radical (unpaired) electrons. The average molecular weight is 333 g/mol. The molecule has 0 aliphatic heterocycles. The van der Waals surface area contributed by atoms with Crippen molar-refractivity contribution in [2.75, 3.05) is 18.4 Å². The Bertz CT molecular complexity index is 639. The SMILES string of the molecule is Cc1cccc([N+](=O)[O-])c1NC1CC(N(CC(=O)O)CC2CC2)C1. The highest BCUT2D eigenvalue weighted by molar-refractivity contribution is 5.69. The third-order valence-corrected chi connectivity index (χ3v) is 4.95. The van der Waals surface area contributed by atoms with E-state index in [9.17, 15) is 14.9 Å². The van der Waals surface area contributed by atoms with Gasteiger partial charge in [-0.05, 0) is 44.1 Å². The van der Waals surface area contributed by atoms with Crippen molar-refractivity contribution in [3.05, 3.63) is 33.9 Å². The predicted octanol–water partition coefficient (Wildman–Crippen LogP) is 2.64. The van der Waals surface area contributed by atoms with E-state index >= 15 is 0 Å². The van der Waals surface area contributed by atoms with Crippen molar-refractivity contribution in [1.82, 2.24) is 4.90 Å². The summed E-state index contributed by atoms with van der Waals surface area (Å²) in [6, 6.07) is 5.46. The molecule has 2 saturated carbocycles. The summed E-state index contributed by atoms with van der Waals surface area (Å²) < 4.78 is 0. The maximum atomic E-state index is 11.2. The van der Waals surface area contributed by atoms with Crippen LogP contribution in [-0.2, 0) is 4.79 Å². The van der Waals surface area contributed by atoms with E-state index in [1.807, 2.05) is 13.0 Å². The summed E-state index contributed by atoms with van der Waals surface area (Å²) in [5.74, 6) is -0.143. The Morgan fingerprint density at radius 2 is 2.12 bits per heavy atom. The molecule has 2 aliphatic rings. The van der Waals surface area contributed by atoms with E-state index in [2.05, 4.69) is 10.2 Å². The Balaban J connectivity index is 1.60. The van der Waals surface area contributed by atoms with Crippen LogP contribution in [0.4, 0.5) is 11.4 Å². The predicted molar refractivity (Wildman–Crippen MR) is 90.2 cm³/mol. The molecule has 0 unspecified atom stereocenters. The van der Waals surface area contributed by atoms with Gasteiger partial charge in [-0.25, -0.2) is 0 Å². The van der Waals surface area contributed by atoms with Crippen LogP contribution in [0.2, 0.25) is 0 Å². The largest absolute Gasteiger partial charge is 0.480 e. The van der Waals surface area contributed by atoms with Gasteiger partial charge < -0.3 is 10.4 Å². The van der Waals surface area contributed by atoms with Crippen LogP contribution in [0.15, 0.2) is 18.2 Å². The van der Waals surface area contributed by atoms with Crippen molar-refractivity contribution >= 4 is 17.3 Å². The first-order valence-electron chi connectivity index (χ1n) is 8.40. The van der Waals surface area contributed by atoms with Crippen molar-refractivity contribution in [1.29, 1.82) is 0 Å². The van der Waals surface area contributed by atoms with Crippen LogP contribution in [-0.4, -0.2) is 46.1 Å². The van der Waals surface area contributed by atoms with Crippen LogP contribution in [0.3, 0.4) is 0 Å². The number of carboxylic acids is 1. The van der Waals surface area contributed by atoms with E-state index in [1.54, 1.807) is 6.07 Å². The van der Waals surface area contributed by atoms with Crippen molar-refractivity contribution in [3.63, 3.8) is 0 Å². The number of anilines is 1. The van der Waals surface area contributed by atoms with Crippen LogP contribution in [0, 0.1) is 23.0 Å². The van der Waals surface area contributed by atoms with E-state index in [1.165, 1.54) is 18.9 Å². The molecule has 2 N–H and O–H groups in total. The fraction of sp³-hybridized carbons (Fsp3) is 0.588. The van der Waals surface area contributed by atoms with Gasteiger partial charge in [0.2, 0.25) is 0 Å². The molecular weight excluding hydrogens is 310 g/mol. The average Bonchev–Trinajstić information content (AvgIpc) is 3.26. The fourth-order valence-corrected chi connectivity index (χ4v) is 3.35. The Labute approximate surface area is 140 Å². The number of nitrogens with zero attached hydrogens (tertiary/aromatic N) is 2. The number of nitro groups is 1. The van der Waals surface area contributed by atoms with Crippen molar-refractivity contribution < 1.29 is 14.8 Å². The molecule has 7 nitrogen and oxygen atoms in total. The van der Waals surface area contributed by atoms with Crippen molar-refractivity contribution in [2.24, 2.45) is 5.92 Å². The molecule has 2 fully saturated rings. The minimum absolute atomic E-state index is 0.0817. The summed E-state index contributed by atoms with van der Waals surface area (Å²) in [6.07, 6.45) is 4.04. The first-order chi connectivity index (χ1) is 11.4. The Kier molecular flexibility index (Phi) is 4.71. The van der Waals surface area contributed by atoms with E-state index in [0.29, 0.717) is 11.6 Å². The number of nitro benzene ring substituents is 1. The molecular formula is C17H23N3O4. The smallest absolute Gasteiger partial charge is 0.317 e. The van der Waals surface area contributed by atoms with Gasteiger partial charge in [-0.1, -0.05) is 12.1 Å². The van der Waals surface area contributed by atoms with Gasteiger partial charge >= 0.3 is 5.97 Å². The summed E-state index contributed by atoms with van der Waals surface area (Å²) in [5.41, 5.74) is 1.53. The third-order valence-electron chi connectivity index (χ3n) is 4.95. The molecule has 130 valence electrons. The molecule has 24 heavy (non-hydrogen) atoms. The number of nitrogens with one attached hydrogen (secondary N) is 1. The molecule has 3 rings (SSSR count). The normalized spacial score (nSPS) is 22.9. The van der Waals surface area contributed by atoms with Crippen molar-refractivity contribution in [3.8, 4) is 0 Å². The second kappa shape index (κ2) is 6.76. The molecule has 1 aromatic carbocycles. The van der Waals surface area contributed by atoms with Gasteiger partial charge in [0.1, 0.15) is 5.69 Å². The fourth-order valence-electron chi connectivity index (χ4n) is 3.35. The second-order valence-corrected chi connectivity index (χ2v) is 6.96. The highest BCUT2D eigenvalue weighted by atomic mass is 16.6. The van der Waals surface area contributed by atoms with Crippen LogP contribution in [0.25, 0.3) is 0 Å². The molecule has 0 atom stereocenters.